The minimum absolute atomic E-state index is 0.168. The van der Waals surface area contributed by atoms with E-state index in [2.05, 4.69) is 20.6 Å². The number of rotatable bonds is 8. The van der Waals surface area contributed by atoms with E-state index >= 15 is 0 Å². The van der Waals surface area contributed by atoms with Crippen LogP contribution in [0, 0.1) is 5.82 Å². The first-order valence-electron chi connectivity index (χ1n) is 8.94. The standard InChI is InChI=1S/C19H17F4N5O3/c1-30-8-9-31-18-12(4-3-7-24-18)11-25-17(29)15-16(19(21,22)23)28(27-26-15)14-6-2-5-13(20)10-14/h2-7,10H,8-9,11H2,1H3,(H,25,29). The number of amides is 1. The van der Waals surface area contributed by atoms with E-state index in [0.29, 0.717) is 16.9 Å². The van der Waals surface area contributed by atoms with Crippen LogP contribution in [0.1, 0.15) is 21.7 Å². The molecule has 0 unspecified atom stereocenters. The molecular weight excluding hydrogens is 422 g/mol. The molecule has 2 heterocycles. The number of pyridine rings is 1. The summed E-state index contributed by atoms with van der Waals surface area (Å²) in [6, 6.07) is 7.55. The SMILES string of the molecule is COCCOc1ncccc1CNC(=O)c1nnn(-c2cccc(F)c2)c1C(F)(F)F. The summed E-state index contributed by atoms with van der Waals surface area (Å²) in [5.41, 5.74) is -2.14. The monoisotopic (exact) mass is 439 g/mol. The quantitative estimate of drug-likeness (QED) is 0.429. The van der Waals surface area contributed by atoms with Gasteiger partial charge in [-0.1, -0.05) is 17.3 Å². The molecule has 1 aromatic carbocycles. The summed E-state index contributed by atoms with van der Waals surface area (Å²) in [7, 11) is 1.50. The first-order valence-corrected chi connectivity index (χ1v) is 8.94. The van der Waals surface area contributed by atoms with Crippen molar-refractivity contribution in [3.05, 3.63) is 65.4 Å². The van der Waals surface area contributed by atoms with E-state index in [1.165, 1.54) is 25.4 Å². The summed E-state index contributed by atoms with van der Waals surface area (Å²) < 4.78 is 65.2. The number of aromatic nitrogens is 4. The van der Waals surface area contributed by atoms with E-state index in [9.17, 15) is 22.4 Å². The van der Waals surface area contributed by atoms with Gasteiger partial charge in [0.2, 0.25) is 5.88 Å². The van der Waals surface area contributed by atoms with Crippen molar-refractivity contribution in [2.45, 2.75) is 12.7 Å². The van der Waals surface area contributed by atoms with E-state index in [1.54, 1.807) is 12.1 Å². The first-order chi connectivity index (χ1) is 14.8. The highest BCUT2D eigenvalue weighted by atomic mass is 19.4. The second-order valence-corrected chi connectivity index (χ2v) is 6.17. The third-order valence-electron chi connectivity index (χ3n) is 4.02. The van der Waals surface area contributed by atoms with Crippen molar-refractivity contribution in [2.75, 3.05) is 20.3 Å². The lowest BCUT2D eigenvalue weighted by Crippen LogP contribution is -2.27. The lowest BCUT2D eigenvalue weighted by Gasteiger charge is -2.12. The van der Waals surface area contributed by atoms with Crippen LogP contribution >= 0.6 is 0 Å². The highest BCUT2D eigenvalue weighted by molar-refractivity contribution is 5.93. The molecule has 0 saturated carbocycles. The predicted octanol–water partition coefficient (Wildman–Crippen LogP) is 2.78. The number of halogens is 4. The van der Waals surface area contributed by atoms with Crippen molar-refractivity contribution in [1.82, 2.24) is 25.3 Å². The third-order valence-corrected chi connectivity index (χ3v) is 4.02. The Bertz CT molecular complexity index is 1060. The maximum Gasteiger partial charge on any atom is 0.435 e. The molecule has 0 fully saturated rings. The van der Waals surface area contributed by atoms with Gasteiger partial charge in [-0.2, -0.15) is 13.2 Å². The number of nitrogens with one attached hydrogen (secondary N) is 1. The van der Waals surface area contributed by atoms with Gasteiger partial charge in [-0.3, -0.25) is 4.79 Å². The van der Waals surface area contributed by atoms with Crippen LogP contribution in [0.25, 0.3) is 5.69 Å². The second kappa shape index (κ2) is 9.51. The number of nitrogens with zero attached hydrogens (tertiary/aromatic N) is 4. The van der Waals surface area contributed by atoms with Crippen LogP contribution in [0.4, 0.5) is 17.6 Å². The normalized spacial score (nSPS) is 11.4. The fourth-order valence-corrected chi connectivity index (χ4v) is 2.65. The van der Waals surface area contributed by atoms with Gasteiger partial charge in [0.25, 0.3) is 5.91 Å². The number of ether oxygens (including phenoxy) is 2. The zero-order valence-electron chi connectivity index (χ0n) is 16.2. The molecule has 12 heteroatoms. The minimum atomic E-state index is -4.97. The zero-order chi connectivity index (χ0) is 22.4. The third kappa shape index (κ3) is 5.34. The Labute approximate surface area is 173 Å². The Hall–Kier alpha value is -3.54. The molecule has 0 aliphatic heterocycles. The van der Waals surface area contributed by atoms with E-state index in [1.807, 2.05) is 0 Å². The molecule has 0 saturated heterocycles. The van der Waals surface area contributed by atoms with Crippen LogP contribution in [-0.2, 0) is 17.5 Å². The zero-order valence-corrected chi connectivity index (χ0v) is 16.2. The van der Waals surface area contributed by atoms with E-state index in [-0.39, 0.29) is 24.7 Å². The summed E-state index contributed by atoms with van der Waals surface area (Å²) in [4.78, 5) is 16.5. The fraction of sp³-hybridized carbons (Fsp3) is 0.263. The van der Waals surface area contributed by atoms with E-state index in [4.69, 9.17) is 9.47 Å². The van der Waals surface area contributed by atoms with Crippen molar-refractivity contribution in [3.63, 3.8) is 0 Å². The van der Waals surface area contributed by atoms with Crippen LogP contribution < -0.4 is 10.1 Å². The summed E-state index contributed by atoms with van der Waals surface area (Å²) in [5.74, 6) is -1.66. The van der Waals surface area contributed by atoms with E-state index < -0.39 is 29.3 Å². The number of methoxy groups -OCH3 is 1. The highest BCUT2D eigenvalue weighted by Gasteiger charge is 2.42. The molecule has 164 valence electrons. The molecule has 1 N–H and O–H groups in total. The van der Waals surface area contributed by atoms with Gasteiger partial charge >= 0.3 is 6.18 Å². The lowest BCUT2D eigenvalue weighted by molar-refractivity contribution is -0.143. The second-order valence-electron chi connectivity index (χ2n) is 6.17. The Morgan fingerprint density at radius 1 is 1.19 bits per heavy atom. The minimum Gasteiger partial charge on any atom is -0.475 e. The molecule has 8 nitrogen and oxygen atoms in total. The number of hydrogen-bond acceptors (Lipinski definition) is 6. The van der Waals surface area contributed by atoms with Crippen LogP contribution in [0.2, 0.25) is 0 Å². The molecule has 3 rings (SSSR count). The van der Waals surface area contributed by atoms with Crippen molar-refractivity contribution in [2.24, 2.45) is 0 Å². The van der Waals surface area contributed by atoms with Gasteiger partial charge in [-0.05, 0) is 24.3 Å². The van der Waals surface area contributed by atoms with Gasteiger partial charge in [0.15, 0.2) is 11.4 Å². The van der Waals surface area contributed by atoms with Gasteiger partial charge in [-0.15, -0.1) is 5.10 Å². The molecule has 2 aromatic heterocycles. The smallest absolute Gasteiger partial charge is 0.435 e. The largest absolute Gasteiger partial charge is 0.475 e. The average Bonchev–Trinajstić information content (AvgIpc) is 3.19. The fourth-order valence-electron chi connectivity index (χ4n) is 2.65. The maximum absolute atomic E-state index is 13.7. The average molecular weight is 439 g/mol. The highest BCUT2D eigenvalue weighted by Crippen LogP contribution is 2.32. The van der Waals surface area contributed by atoms with Crippen molar-refractivity contribution < 1.29 is 31.8 Å². The van der Waals surface area contributed by atoms with Crippen molar-refractivity contribution in [1.29, 1.82) is 0 Å². The van der Waals surface area contributed by atoms with Crippen LogP contribution in [-0.4, -0.2) is 46.2 Å². The number of carbonyl (C=O) groups is 1. The molecule has 0 spiro atoms. The van der Waals surface area contributed by atoms with Crippen molar-refractivity contribution in [3.8, 4) is 11.6 Å². The molecule has 0 aliphatic rings. The van der Waals surface area contributed by atoms with E-state index in [0.717, 1.165) is 12.1 Å². The summed E-state index contributed by atoms with van der Waals surface area (Å²) in [6.07, 6.45) is -3.50. The molecule has 0 radical (unpaired) electrons. The molecular formula is C19H17F4N5O3. The number of hydrogen-bond donors (Lipinski definition) is 1. The van der Waals surface area contributed by atoms with Crippen LogP contribution in [0.3, 0.4) is 0 Å². The number of carbonyl (C=O) groups excluding carboxylic acids is 1. The number of alkyl halides is 3. The van der Waals surface area contributed by atoms with Crippen molar-refractivity contribution >= 4 is 5.91 Å². The predicted molar refractivity (Wildman–Crippen MR) is 99.1 cm³/mol. The summed E-state index contributed by atoms with van der Waals surface area (Å²) >= 11 is 0. The molecule has 0 atom stereocenters. The van der Waals surface area contributed by atoms with Gasteiger partial charge in [0.05, 0.1) is 12.3 Å². The molecule has 31 heavy (non-hydrogen) atoms. The summed E-state index contributed by atoms with van der Waals surface area (Å²) in [5, 5.41) is 9.14. The van der Waals surface area contributed by atoms with Crippen LogP contribution in [0.15, 0.2) is 42.6 Å². The first kappa shape index (κ1) is 22.2. The maximum atomic E-state index is 13.7. The topological polar surface area (TPSA) is 91.2 Å². The molecule has 1 amide bonds. The van der Waals surface area contributed by atoms with Gasteiger partial charge < -0.3 is 14.8 Å². The lowest BCUT2D eigenvalue weighted by atomic mass is 10.2. The van der Waals surface area contributed by atoms with Gasteiger partial charge in [-0.25, -0.2) is 14.1 Å². The Morgan fingerprint density at radius 3 is 2.71 bits per heavy atom. The molecule has 0 aliphatic carbocycles. The number of benzene rings is 1. The summed E-state index contributed by atoms with van der Waals surface area (Å²) in [6.45, 7) is 0.342. The van der Waals surface area contributed by atoms with Gasteiger partial charge in [0.1, 0.15) is 12.4 Å². The van der Waals surface area contributed by atoms with Crippen LogP contribution in [0.5, 0.6) is 5.88 Å². The Balaban J connectivity index is 1.83. The van der Waals surface area contributed by atoms with Gasteiger partial charge in [0, 0.05) is 25.4 Å². The molecule has 3 aromatic rings. The Morgan fingerprint density at radius 2 is 2.00 bits per heavy atom. The Kier molecular flexibility index (Phi) is 6.80. The molecule has 0 bridgehead atoms.